The maximum atomic E-state index is 12.5. The number of carbonyl (C=O) groups is 1. The van der Waals surface area contributed by atoms with E-state index in [1.165, 1.54) is 0 Å². The Morgan fingerprint density at radius 2 is 1.57 bits per heavy atom. The van der Waals surface area contributed by atoms with E-state index in [1.54, 1.807) is 20.8 Å². The summed E-state index contributed by atoms with van der Waals surface area (Å²) in [6, 6.07) is -1.68. The Labute approximate surface area is 123 Å². The molecule has 0 aromatic rings. The van der Waals surface area contributed by atoms with Crippen LogP contribution in [0, 0.1) is 0 Å². The molecule has 1 fully saturated rings. The highest BCUT2D eigenvalue weighted by Crippen LogP contribution is 2.24. The molecule has 0 aromatic carbocycles. The highest BCUT2D eigenvalue weighted by atomic mass is 19.4. The molecule has 1 aliphatic rings. The number of carbonyl (C=O) groups excluding carboxylic acids is 1. The van der Waals surface area contributed by atoms with Gasteiger partial charge in [-0.3, -0.25) is 0 Å². The first-order valence-electron chi connectivity index (χ1n) is 7.29. The lowest BCUT2D eigenvalue weighted by Crippen LogP contribution is -2.49. The predicted octanol–water partition coefficient (Wildman–Crippen LogP) is 3.36. The molecule has 21 heavy (non-hydrogen) atoms. The Balaban J connectivity index is 2.31. The second-order valence-corrected chi connectivity index (χ2v) is 6.62. The molecule has 0 aromatic heterocycles. The van der Waals surface area contributed by atoms with Crippen molar-refractivity contribution in [3.05, 3.63) is 0 Å². The molecule has 0 aliphatic heterocycles. The highest BCUT2D eigenvalue weighted by molar-refractivity contribution is 5.68. The number of rotatable bonds is 3. The van der Waals surface area contributed by atoms with Crippen LogP contribution in [0.3, 0.4) is 0 Å². The van der Waals surface area contributed by atoms with E-state index >= 15 is 0 Å². The van der Waals surface area contributed by atoms with Crippen molar-refractivity contribution in [3.8, 4) is 0 Å². The van der Waals surface area contributed by atoms with Crippen LogP contribution in [0.2, 0.25) is 0 Å². The maximum absolute atomic E-state index is 12.5. The van der Waals surface area contributed by atoms with Crippen molar-refractivity contribution in [2.75, 3.05) is 0 Å². The fourth-order valence-corrected chi connectivity index (χ4v) is 2.33. The van der Waals surface area contributed by atoms with Crippen LogP contribution in [0.5, 0.6) is 0 Å². The monoisotopic (exact) mass is 310 g/mol. The van der Waals surface area contributed by atoms with Crippen LogP contribution >= 0.6 is 0 Å². The number of alkyl halides is 3. The Hall–Kier alpha value is -0.980. The van der Waals surface area contributed by atoms with E-state index in [9.17, 15) is 18.0 Å². The number of halogens is 3. The summed E-state index contributed by atoms with van der Waals surface area (Å²) in [6.45, 7) is 6.48. The van der Waals surface area contributed by atoms with E-state index in [0.717, 1.165) is 6.92 Å². The molecule has 1 atom stereocenters. The Bertz CT molecular complexity index is 345. The van der Waals surface area contributed by atoms with Gasteiger partial charge in [0.1, 0.15) is 11.6 Å². The number of amides is 1. The topological polar surface area (TPSA) is 50.4 Å². The molecule has 124 valence electrons. The largest absolute Gasteiger partial charge is 0.444 e. The number of hydrogen-bond acceptors (Lipinski definition) is 3. The summed E-state index contributed by atoms with van der Waals surface area (Å²) in [4.78, 5) is 11.6. The molecule has 1 rings (SSSR count). The zero-order chi connectivity index (χ0) is 16.3. The fourth-order valence-electron chi connectivity index (χ4n) is 2.33. The summed E-state index contributed by atoms with van der Waals surface area (Å²) >= 11 is 0. The molecule has 0 saturated heterocycles. The molecule has 1 saturated carbocycles. The minimum atomic E-state index is -4.22. The van der Waals surface area contributed by atoms with Gasteiger partial charge in [0.2, 0.25) is 0 Å². The molecule has 2 N–H and O–H groups in total. The molecule has 0 bridgehead atoms. The average molecular weight is 310 g/mol. The Kier molecular flexibility index (Phi) is 5.90. The summed E-state index contributed by atoms with van der Waals surface area (Å²) < 4.78 is 42.6. The third kappa shape index (κ3) is 7.02. The molecular formula is C14H25F3N2O2. The van der Waals surface area contributed by atoms with Crippen LogP contribution < -0.4 is 10.6 Å². The molecule has 0 spiro atoms. The summed E-state index contributed by atoms with van der Waals surface area (Å²) in [7, 11) is 0. The molecule has 0 heterocycles. The van der Waals surface area contributed by atoms with Crippen molar-refractivity contribution in [3.63, 3.8) is 0 Å². The van der Waals surface area contributed by atoms with E-state index in [1.807, 2.05) is 0 Å². The van der Waals surface area contributed by atoms with Gasteiger partial charge in [0.05, 0.1) is 0 Å². The van der Waals surface area contributed by atoms with Gasteiger partial charge in [-0.05, 0) is 53.4 Å². The molecule has 1 unspecified atom stereocenters. The van der Waals surface area contributed by atoms with Crippen molar-refractivity contribution in [2.24, 2.45) is 0 Å². The van der Waals surface area contributed by atoms with Crippen LogP contribution in [0.1, 0.15) is 53.4 Å². The molecule has 0 radical (unpaired) electrons. The second-order valence-electron chi connectivity index (χ2n) is 6.62. The van der Waals surface area contributed by atoms with Gasteiger partial charge in [-0.15, -0.1) is 0 Å². The van der Waals surface area contributed by atoms with Gasteiger partial charge >= 0.3 is 12.3 Å². The third-order valence-corrected chi connectivity index (χ3v) is 3.42. The van der Waals surface area contributed by atoms with Gasteiger partial charge in [0.15, 0.2) is 0 Å². The standard InChI is InChI=1S/C14H25F3N2O2/c1-9(14(15,16)17)18-10-5-7-11(8-6-10)19-12(20)21-13(2,3)4/h9-11,18H,5-8H2,1-4H3,(H,19,20)/t9?,10-,11-. The quantitative estimate of drug-likeness (QED) is 0.840. The third-order valence-electron chi connectivity index (χ3n) is 3.42. The molecule has 7 heteroatoms. The van der Waals surface area contributed by atoms with Crippen molar-refractivity contribution in [2.45, 2.75) is 83.3 Å². The lowest BCUT2D eigenvalue weighted by atomic mass is 9.91. The predicted molar refractivity (Wildman–Crippen MR) is 74.1 cm³/mol. The molecular weight excluding hydrogens is 285 g/mol. The fraction of sp³-hybridized carbons (Fsp3) is 0.929. The van der Waals surface area contributed by atoms with Gasteiger partial charge in [-0.2, -0.15) is 13.2 Å². The SMILES string of the molecule is CC(N[C@H]1CC[C@H](NC(=O)OC(C)(C)C)CC1)C(F)(F)F. The zero-order valence-electron chi connectivity index (χ0n) is 13.0. The molecule has 4 nitrogen and oxygen atoms in total. The maximum Gasteiger partial charge on any atom is 0.407 e. The average Bonchev–Trinajstić information content (AvgIpc) is 2.27. The van der Waals surface area contributed by atoms with Crippen LogP contribution in [-0.4, -0.2) is 36.0 Å². The van der Waals surface area contributed by atoms with Crippen LogP contribution in [0.4, 0.5) is 18.0 Å². The first kappa shape index (κ1) is 18.1. The zero-order valence-corrected chi connectivity index (χ0v) is 13.0. The lowest BCUT2D eigenvalue weighted by Gasteiger charge is -2.32. The Morgan fingerprint density at radius 1 is 1.10 bits per heavy atom. The van der Waals surface area contributed by atoms with E-state index < -0.39 is 23.9 Å². The van der Waals surface area contributed by atoms with Crippen LogP contribution in [-0.2, 0) is 4.74 Å². The summed E-state index contributed by atoms with van der Waals surface area (Å²) in [6.07, 6.45) is -2.15. The first-order valence-corrected chi connectivity index (χ1v) is 7.29. The smallest absolute Gasteiger partial charge is 0.407 e. The number of alkyl carbamates (subject to hydrolysis) is 1. The molecule has 1 amide bonds. The van der Waals surface area contributed by atoms with E-state index in [0.29, 0.717) is 25.7 Å². The van der Waals surface area contributed by atoms with Crippen molar-refractivity contribution in [1.82, 2.24) is 10.6 Å². The summed E-state index contributed by atoms with van der Waals surface area (Å²) in [5, 5.41) is 5.37. The van der Waals surface area contributed by atoms with Gasteiger partial charge in [-0.25, -0.2) is 4.79 Å². The molecule has 1 aliphatic carbocycles. The van der Waals surface area contributed by atoms with Gasteiger partial charge < -0.3 is 15.4 Å². The van der Waals surface area contributed by atoms with Crippen LogP contribution in [0.25, 0.3) is 0 Å². The van der Waals surface area contributed by atoms with Crippen LogP contribution in [0.15, 0.2) is 0 Å². The first-order chi connectivity index (χ1) is 9.47. The van der Waals surface area contributed by atoms with Crippen molar-refractivity contribution < 1.29 is 22.7 Å². The second kappa shape index (κ2) is 6.85. The summed E-state index contributed by atoms with van der Waals surface area (Å²) in [5.74, 6) is 0. The minimum Gasteiger partial charge on any atom is -0.444 e. The van der Waals surface area contributed by atoms with E-state index in [-0.39, 0.29) is 12.1 Å². The Morgan fingerprint density at radius 3 is 2.00 bits per heavy atom. The number of ether oxygens (including phenoxy) is 1. The minimum absolute atomic E-state index is 0.0286. The van der Waals surface area contributed by atoms with Crippen molar-refractivity contribution in [1.29, 1.82) is 0 Å². The van der Waals surface area contributed by atoms with Gasteiger partial charge in [0.25, 0.3) is 0 Å². The number of hydrogen-bond donors (Lipinski definition) is 2. The van der Waals surface area contributed by atoms with Crippen molar-refractivity contribution >= 4 is 6.09 Å². The normalized spacial score (nSPS) is 25.3. The summed E-state index contributed by atoms with van der Waals surface area (Å²) in [5.41, 5.74) is -0.551. The number of nitrogens with one attached hydrogen (secondary N) is 2. The lowest BCUT2D eigenvalue weighted by molar-refractivity contribution is -0.153. The van der Waals surface area contributed by atoms with E-state index in [2.05, 4.69) is 10.6 Å². The van der Waals surface area contributed by atoms with E-state index in [4.69, 9.17) is 4.74 Å². The highest BCUT2D eigenvalue weighted by Gasteiger charge is 2.37. The van der Waals surface area contributed by atoms with Gasteiger partial charge in [0, 0.05) is 12.1 Å². The van der Waals surface area contributed by atoms with Gasteiger partial charge in [-0.1, -0.05) is 0 Å².